The molecule has 0 aliphatic rings. The van der Waals surface area contributed by atoms with Gasteiger partial charge in [0.1, 0.15) is 0 Å². The molecule has 2 N–H and O–H groups in total. The van der Waals surface area contributed by atoms with E-state index in [1.54, 1.807) is 23.8 Å². The van der Waals surface area contributed by atoms with Gasteiger partial charge in [-0.25, -0.2) is 4.98 Å². The van der Waals surface area contributed by atoms with Crippen LogP contribution in [0.1, 0.15) is 5.56 Å². The summed E-state index contributed by atoms with van der Waals surface area (Å²) in [5.41, 5.74) is 1.92. The smallest absolute Gasteiger partial charge is 0.162 e. The Balaban J connectivity index is 2.13. The van der Waals surface area contributed by atoms with Gasteiger partial charge in [-0.05, 0) is 29.8 Å². The molecule has 3 aromatic rings. The van der Waals surface area contributed by atoms with Crippen molar-refractivity contribution in [2.45, 2.75) is 0 Å². The number of hydrogen-bond donors (Lipinski definition) is 1. The van der Waals surface area contributed by atoms with Crippen LogP contribution in [0.3, 0.4) is 0 Å². The van der Waals surface area contributed by atoms with Crippen LogP contribution in [0.25, 0.3) is 21.0 Å². The summed E-state index contributed by atoms with van der Waals surface area (Å²) in [6.07, 6.45) is 3.26. The first kappa shape index (κ1) is 10.0. The molecule has 0 saturated heterocycles. The molecule has 2 heterocycles. The lowest BCUT2D eigenvalue weighted by atomic mass is 10.2. The molecule has 0 amide bonds. The van der Waals surface area contributed by atoms with Crippen LogP contribution < -0.4 is 5.84 Å². The molecule has 1 aromatic carbocycles. The maximum absolute atomic E-state index is 5.33. The Labute approximate surface area is 101 Å². The van der Waals surface area contributed by atoms with Gasteiger partial charge in [0.15, 0.2) is 10.8 Å². The lowest BCUT2D eigenvalue weighted by molar-refractivity contribution is 0.582. The second-order valence-corrected chi connectivity index (χ2v) is 4.53. The quantitative estimate of drug-likeness (QED) is 0.427. The summed E-state index contributed by atoms with van der Waals surface area (Å²) in [4.78, 5) is 4.51. The summed E-state index contributed by atoms with van der Waals surface area (Å²) < 4.78 is 6.42. The maximum Gasteiger partial charge on any atom is 0.162 e. The molecule has 2 aromatic heterocycles. The van der Waals surface area contributed by atoms with Crippen molar-refractivity contribution in [3.05, 3.63) is 42.2 Å². The van der Waals surface area contributed by atoms with E-state index >= 15 is 0 Å². The van der Waals surface area contributed by atoms with Gasteiger partial charge < -0.3 is 10.3 Å². The summed E-state index contributed by atoms with van der Waals surface area (Å²) in [6, 6.07) is 9.66. The van der Waals surface area contributed by atoms with E-state index < -0.39 is 0 Å². The third-order valence-electron chi connectivity index (χ3n) is 2.37. The highest BCUT2D eigenvalue weighted by Crippen LogP contribution is 2.30. The van der Waals surface area contributed by atoms with Gasteiger partial charge in [-0.1, -0.05) is 6.07 Å². The predicted octanol–water partition coefficient (Wildman–Crippen LogP) is 2.85. The molecular formula is C12H9N3OS. The fourth-order valence-corrected chi connectivity index (χ4v) is 2.60. The summed E-state index contributed by atoms with van der Waals surface area (Å²) >= 11 is 1.59. The zero-order chi connectivity index (χ0) is 11.7. The monoisotopic (exact) mass is 243 g/mol. The number of nitrogens with zero attached hydrogens (tertiary/aromatic N) is 2. The first-order valence-electron chi connectivity index (χ1n) is 5.04. The number of fused-ring (bicyclic) bond motifs is 1. The summed E-state index contributed by atoms with van der Waals surface area (Å²) in [5, 5.41) is 4.39. The van der Waals surface area contributed by atoms with Gasteiger partial charge in [0.25, 0.3) is 0 Å². The van der Waals surface area contributed by atoms with E-state index in [1.807, 2.05) is 30.3 Å². The number of benzene rings is 1. The summed E-state index contributed by atoms with van der Waals surface area (Å²) in [7, 11) is 0. The maximum atomic E-state index is 5.33. The van der Waals surface area contributed by atoms with E-state index in [0.29, 0.717) is 0 Å². The highest BCUT2D eigenvalue weighted by molar-refractivity contribution is 7.21. The van der Waals surface area contributed by atoms with Gasteiger partial charge in [-0.3, -0.25) is 0 Å². The molecule has 5 heteroatoms. The molecule has 0 saturated carbocycles. The molecule has 84 valence electrons. The van der Waals surface area contributed by atoms with Gasteiger partial charge in [0.05, 0.1) is 22.7 Å². The molecule has 0 atom stereocenters. The third-order valence-corrected chi connectivity index (χ3v) is 3.40. The molecule has 0 bridgehead atoms. The molecule has 0 aliphatic heterocycles. The second-order valence-electron chi connectivity index (χ2n) is 3.50. The van der Waals surface area contributed by atoms with E-state index in [-0.39, 0.29) is 0 Å². The number of hydrogen-bond acceptors (Lipinski definition) is 5. The average molecular weight is 243 g/mol. The van der Waals surface area contributed by atoms with Crippen molar-refractivity contribution < 1.29 is 4.42 Å². The van der Waals surface area contributed by atoms with Crippen LogP contribution in [0.4, 0.5) is 0 Å². The highest BCUT2D eigenvalue weighted by Gasteiger charge is 2.08. The van der Waals surface area contributed by atoms with Crippen LogP contribution in [0, 0.1) is 0 Å². The highest BCUT2D eigenvalue weighted by atomic mass is 32.1. The van der Waals surface area contributed by atoms with E-state index in [9.17, 15) is 0 Å². The normalized spacial score (nSPS) is 11.5. The Morgan fingerprint density at radius 1 is 1.35 bits per heavy atom. The Morgan fingerprint density at radius 2 is 2.29 bits per heavy atom. The molecule has 4 nitrogen and oxygen atoms in total. The third kappa shape index (κ3) is 1.81. The molecule has 0 unspecified atom stereocenters. The van der Waals surface area contributed by atoms with Gasteiger partial charge in [-0.2, -0.15) is 5.10 Å². The second kappa shape index (κ2) is 4.03. The average Bonchev–Trinajstić information content (AvgIpc) is 2.97. The van der Waals surface area contributed by atoms with Crippen molar-refractivity contribution in [1.29, 1.82) is 0 Å². The molecule has 0 radical (unpaired) electrons. The number of nitrogens with two attached hydrogens (primary N) is 1. The number of aromatic nitrogens is 1. The van der Waals surface area contributed by atoms with Crippen molar-refractivity contribution >= 4 is 27.8 Å². The fourth-order valence-electron chi connectivity index (χ4n) is 1.61. The summed E-state index contributed by atoms with van der Waals surface area (Å²) in [6.45, 7) is 0. The minimum Gasteiger partial charge on any atom is -0.462 e. The minimum atomic E-state index is 0.792. The molecule has 0 aliphatic carbocycles. The Bertz CT molecular complexity index is 670. The number of rotatable bonds is 2. The van der Waals surface area contributed by atoms with E-state index in [2.05, 4.69) is 10.1 Å². The van der Waals surface area contributed by atoms with Crippen LogP contribution in [0.2, 0.25) is 0 Å². The molecule has 3 rings (SSSR count). The lowest BCUT2D eigenvalue weighted by Crippen LogP contribution is -1.85. The standard InChI is InChI=1S/C12H9N3OS/c13-14-7-8-3-4-9-11(6-8)17-12(15-9)10-2-1-5-16-10/h1-7H,13H2. The van der Waals surface area contributed by atoms with Crippen LogP contribution in [-0.2, 0) is 0 Å². The van der Waals surface area contributed by atoms with Crippen molar-refractivity contribution in [2.75, 3.05) is 0 Å². The van der Waals surface area contributed by atoms with Crippen molar-refractivity contribution in [3.8, 4) is 10.8 Å². The predicted molar refractivity (Wildman–Crippen MR) is 69.1 cm³/mol. The first-order chi connectivity index (χ1) is 8.36. The van der Waals surface area contributed by atoms with Crippen LogP contribution in [0.5, 0.6) is 0 Å². The Morgan fingerprint density at radius 3 is 3.06 bits per heavy atom. The van der Waals surface area contributed by atoms with Gasteiger partial charge in [0, 0.05) is 0 Å². The van der Waals surface area contributed by atoms with E-state index in [4.69, 9.17) is 10.3 Å². The van der Waals surface area contributed by atoms with Crippen LogP contribution in [0.15, 0.2) is 46.1 Å². The van der Waals surface area contributed by atoms with Gasteiger partial charge in [-0.15, -0.1) is 11.3 Å². The van der Waals surface area contributed by atoms with Crippen LogP contribution in [-0.4, -0.2) is 11.2 Å². The van der Waals surface area contributed by atoms with Gasteiger partial charge >= 0.3 is 0 Å². The Hall–Kier alpha value is -2.14. The van der Waals surface area contributed by atoms with Crippen molar-refractivity contribution in [2.24, 2.45) is 10.9 Å². The number of hydrazone groups is 1. The first-order valence-corrected chi connectivity index (χ1v) is 5.86. The van der Waals surface area contributed by atoms with E-state index in [1.165, 1.54) is 0 Å². The number of thiazole rings is 1. The number of furan rings is 1. The minimum absolute atomic E-state index is 0.792. The lowest BCUT2D eigenvalue weighted by Gasteiger charge is -1.90. The molecule has 0 fully saturated rings. The largest absolute Gasteiger partial charge is 0.462 e. The molecule has 0 spiro atoms. The van der Waals surface area contributed by atoms with E-state index in [0.717, 1.165) is 26.5 Å². The molecular weight excluding hydrogens is 234 g/mol. The van der Waals surface area contributed by atoms with Gasteiger partial charge in [0.2, 0.25) is 0 Å². The summed E-state index contributed by atoms with van der Waals surface area (Å²) in [5.74, 6) is 5.92. The topological polar surface area (TPSA) is 64.4 Å². The van der Waals surface area contributed by atoms with Crippen molar-refractivity contribution in [3.63, 3.8) is 0 Å². The Kier molecular flexibility index (Phi) is 2.38. The zero-order valence-electron chi connectivity index (χ0n) is 8.83. The fraction of sp³-hybridized carbons (Fsp3) is 0. The zero-order valence-corrected chi connectivity index (χ0v) is 9.65. The molecule has 17 heavy (non-hydrogen) atoms. The van der Waals surface area contributed by atoms with Crippen LogP contribution >= 0.6 is 11.3 Å². The SMILES string of the molecule is NN=Cc1ccc2nc(-c3ccco3)sc2c1. The van der Waals surface area contributed by atoms with Crippen molar-refractivity contribution in [1.82, 2.24) is 4.98 Å².